The van der Waals surface area contributed by atoms with Crippen LogP contribution in [-0.2, 0) is 11.3 Å². The number of carbonyl (C=O) groups is 1. The summed E-state index contributed by atoms with van der Waals surface area (Å²) in [5, 5.41) is 26.4. The zero-order chi connectivity index (χ0) is 22.5. The zero-order valence-electron chi connectivity index (χ0n) is 17.1. The van der Waals surface area contributed by atoms with Crippen LogP contribution in [0.5, 0.6) is 0 Å². The van der Waals surface area contributed by atoms with Crippen molar-refractivity contribution in [3.63, 3.8) is 0 Å². The van der Waals surface area contributed by atoms with Crippen LogP contribution in [0.2, 0.25) is 0 Å². The number of anilines is 1. The number of imidazole rings is 1. The lowest BCUT2D eigenvalue weighted by Gasteiger charge is -2.16. The van der Waals surface area contributed by atoms with Crippen molar-refractivity contribution in [3.05, 3.63) is 36.8 Å². The van der Waals surface area contributed by atoms with Gasteiger partial charge in [-0.1, -0.05) is 0 Å². The maximum atomic E-state index is 11.7. The van der Waals surface area contributed by atoms with Gasteiger partial charge in [0.05, 0.1) is 25.2 Å². The molecule has 1 aliphatic heterocycles. The van der Waals surface area contributed by atoms with Crippen LogP contribution in [0.25, 0.3) is 11.2 Å². The molecule has 0 bridgehead atoms. The predicted molar refractivity (Wildman–Crippen MR) is 117 cm³/mol. The molecule has 0 spiro atoms. The molecule has 4 atom stereocenters. The number of nitrogens with one attached hydrogen (secondary N) is 2. The van der Waals surface area contributed by atoms with E-state index in [4.69, 9.17) is 14.9 Å². The fraction of sp³-hybridized carbons (Fsp3) is 0.474. The molecule has 4 heterocycles. The number of urea groups is 1. The minimum absolute atomic E-state index is 0.233. The van der Waals surface area contributed by atoms with Gasteiger partial charge in [0, 0.05) is 12.3 Å². The van der Waals surface area contributed by atoms with Gasteiger partial charge in [-0.2, -0.15) is 11.8 Å². The van der Waals surface area contributed by atoms with E-state index in [2.05, 4.69) is 25.6 Å². The molecule has 0 unspecified atom stereocenters. The van der Waals surface area contributed by atoms with Crippen molar-refractivity contribution in [2.75, 3.05) is 23.8 Å². The molecule has 32 heavy (non-hydrogen) atoms. The lowest BCUT2D eigenvalue weighted by molar-refractivity contribution is -0.0289. The summed E-state index contributed by atoms with van der Waals surface area (Å²) in [7, 11) is 0. The van der Waals surface area contributed by atoms with Gasteiger partial charge in [0.25, 0.3) is 0 Å². The van der Waals surface area contributed by atoms with Crippen molar-refractivity contribution in [2.24, 2.45) is 0 Å². The second-order valence-electron chi connectivity index (χ2n) is 7.25. The Kier molecular flexibility index (Phi) is 7.09. The van der Waals surface area contributed by atoms with E-state index < -0.39 is 24.5 Å². The number of nitrogens with two attached hydrogens (primary N) is 1. The van der Waals surface area contributed by atoms with E-state index in [1.54, 1.807) is 34.7 Å². The summed E-state index contributed by atoms with van der Waals surface area (Å²) in [6.07, 6.45) is 1.52. The van der Waals surface area contributed by atoms with Gasteiger partial charge < -0.3 is 35.7 Å². The minimum Gasteiger partial charge on any atom is -0.467 e. The Balaban J connectivity index is 1.18. The van der Waals surface area contributed by atoms with Crippen molar-refractivity contribution in [2.45, 2.75) is 37.5 Å². The van der Waals surface area contributed by atoms with Crippen molar-refractivity contribution < 1.29 is 24.2 Å². The number of hydrogen-bond donors (Lipinski definition) is 5. The quantitative estimate of drug-likeness (QED) is 0.277. The number of nitrogens with zero attached hydrogens (tertiary/aromatic N) is 4. The molecule has 0 radical (unpaired) electrons. The fourth-order valence-corrected chi connectivity index (χ4v) is 4.39. The predicted octanol–water partition coefficient (Wildman–Crippen LogP) is 0.243. The largest absolute Gasteiger partial charge is 0.467 e. The second kappa shape index (κ2) is 10.2. The monoisotopic (exact) mass is 463 g/mol. The van der Waals surface area contributed by atoms with Gasteiger partial charge in [-0.15, -0.1) is 0 Å². The highest BCUT2D eigenvalue weighted by Gasteiger charge is 2.44. The van der Waals surface area contributed by atoms with Crippen LogP contribution in [0, 0.1) is 0 Å². The van der Waals surface area contributed by atoms with E-state index in [-0.39, 0.29) is 11.8 Å². The molecule has 1 aliphatic rings. The highest BCUT2D eigenvalue weighted by molar-refractivity contribution is 7.99. The van der Waals surface area contributed by atoms with Crippen molar-refractivity contribution in [1.82, 2.24) is 30.2 Å². The second-order valence-corrected chi connectivity index (χ2v) is 8.40. The van der Waals surface area contributed by atoms with E-state index >= 15 is 0 Å². The van der Waals surface area contributed by atoms with Gasteiger partial charge in [-0.05, 0) is 24.3 Å². The molecule has 6 N–H and O–H groups in total. The van der Waals surface area contributed by atoms with Gasteiger partial charge in [0.1, 0.15) is 29.8 Å². The molecule has 0 aromatic carbocycles. The van der Waals surface area contributed by atoms with Gasteiger partial charge >= 0.3 is 6.03 Å². The maximum Gasteiger partial charge on any atom is 0.315 e. The lowest BCUT2D eigenvalue weighted by Crippen LogP contribution is -2.35. The summed E-state index contributed by atoms with van der Waals surface area (Å²) in [5.74, 6) is 2.16. The molecule has 4 rings (SSSR count). The van der Waals surface area contributed by atoms with Gasteiger partial charge in [0.2, 0.25) is 0 Å². The van der Waals surface area contributed by atoms with E-state index in [0.717, 1.165) is 12.2 Å². The molecule has 13 heteroatoms. The molecule has 0 aliphatic carbocycles. The fourth-order valence-electron chi connectivity index (χ4n) is 3.37. The Labute approximate surface area is 187 Å². The smallest absolute Gasteiger partial charge is 0.315 e. The van der Waals surface area contributed by atoms with E-state index in [1.807, 2.05) is 0 Å². The third kappa shape index (κ3) is 4.96. The van der Waals surface area contributed by atoms with Crippen LogP contribution in [0.15, 0.2) is 35.5 Å². The Bertz CT molecular complexity index is 1030. The van der Waals surface area contributed by atoms with E-state index in [1.165, 1.54) is 12.7 Å². The standard InChI is InChI=1S/C19H25N7O5S/c20-16-13-17(24-9-23-16)26(10-25-13)18-15(28)14(27)12(31-18)8-32-6-2-4-21-19(29)22-7-11-3-1-5-30-11/h1,3,5,9-10,12,14-15,18,27-28H,2,4,6-8H2,(H2,20,23,24)(H2,21,22,29)/t12-,14-,15-,18-/m1/s1. The van der Waals surface area contributed by atoms with Gasteiger partial charge in [-0.25, -0.2) is 19.7 Å². The molecular formula is C19H25N7O5S. The van der Waals surface area contributed by atoms with E-state index in [9.17, 15) is 15.0 Å². The number of thioether (sulfide) groups is 1. The molecule has 1 saturated heterocycles. The molecular weight excluding hydrogens is 438 g/mol. The van der Waals surface area contributed by atoms with E-state index in [0.29, 0.717) is 35.8 Å². The topological polar surface area (TPSA) is 174 Å². The normalized spacial score (nSPS) is 22.9. The van der Waals surface area contributed by atoms with Crippen molar-refractivity contribution in [3.8, 4) is 0 Å². The highest BCUT2D eigenvalue weighted by atomic mass is 32.2. The molecule has 172 valence electrons. The summed E-state index contributed by atoms with van der Waals surface area (Å²) >= 11 is 1.57. The minimum atomic E-state index is -1.13. The number of nitrogen functional groups attached to an aromatic ring is 1. The first-order chi connectivity index (χ1) is 15.5. The third-order valence-corrected chi connectivity index (χ3v) is 6.18. The summed E-state index contributed by atoms with van der Waals surface area (Å²) < 4.78 is 12.6. The Morgan fingerprint density at radius 2 is 2.12 bits per heavy atom. The molecule has 3 aromatic rings. The van der Waals surface area contributed by atoms with Crippen LogP contribution < -0.4 is 16.4 Å². The summed E-state index contributed by atoms with van der Waals surface area (Å²) in [6, 6.07) is 3.29. The molecule has 12 nitrogen and oxygen atoms in total. The number of aromatic nitrogens is 4. The molecule has 1 fully saturated rings. The van der Waals surface area contributed by atoms with Crippen LogP contribution in [0.3, 0.4) is 0 Å². The average Bonchev–Trinajstić information content (AvgIpc) is 3.51. The first-order valence-electron chi connectivity index (χ1n) is 10.1. The number of aliphatic hydroxyl groups excluding tert-OH is 2. The highest BCUT2D eigenvalue weighted by Crippen LogP contribution is 2.33. The van der Waals surface area contributed by atoms with Crippen molar-refractivity contribution in [1.29, 1.82) is 0 Å². The Morgan fingerprint density at radius 3 is 2.94 bits per heavy atom. The van der Waals surface area contributed by atoms with Crippen LogP contribution >= 0.6 is 11.8 Å². The van der Waals surface area contributed by atoms with Crippen LogP contribution in [0.4, 0.5) is 10.6 Å². The van der Waals surface area contributed by atoms with Crippen LogP contribution in [0.1, 0.15) is 18.4 Å². The average molecular weight is 464 g/mol. The summed E-state index contributed by atoms with van der Waals surface area (Å²) in [5.41, 5.74) is 6.65. The molecule has 0 saturated carbocycles. The van der Waals surface area contributed by atoms with Crippen molar-refractivity contribution >= 4 is 34.8 Å². The molecule has 3 aromatic heterocycles. The number of aliphatic hydroxyl groups is 2. The number of hydrogen-bond acceptors (Lipinski definition) is 10. The van der Waals surface area contributed by atoms with Gasteiger partial charge in [0.15, 0.2) is 17.7 Å². The number of fused-ring (bicyclic) bond motifs is 1. The van der Waals surface area contributed by atoms with Crippen LogP contribution in [-0.4, -0.2) is 72.1 Å². The number of rotatable bonds is 9. The zero-order valence-corrected chi connectivity index (χ0v) is 17.9. The number of carbonyl (C=O) groups excluding carboxylic acids is 1. The number of furan rings is 1. The summed E-state index contributed by atoms with van der Waals surface area (Å²) in [6.45, 7) is 0.845. The lowest BCUT2D eigenvalue weighted by atomic mass is 10.1. The number of amides is 2. The molecule has 2 amide bonds. The maximum absolute atomic E-state index is 11.7. The Hall–Kier alpha value is -2.87. The number of ether oxygens (including phenoxy) is 1. The first kappa shape index (κ1) is 22.3. The first-order valence-corrected chi connectivity index (χ1v) is 11.3. The Morgan fingerprint density at radius 1 is 1.25 bits per heavy atom. The third-order valence-electron chi connectivity index (χ3n) is 5.03. The van der Waals surface area contributed by atoms with Gasteiger partial charge in [-0.3, -0.25) is 4.57 Å². The SMILES string of the molecule is Nc1ncnc2c1ncn2[C@@H]1O[C@H](CSCCCNC(=O)NCc2ccco2)[C@@H](O)[C@H]1O. The summed E-state index contributed by atoms with van der Waals surface area (Å²) in [4.78, 5) is 24.0.